The molecule has 0 radical (unpaired) electrons. The molecule has 1 nitrogen and oxygen atoms in total. The number of allylic oxidation sites excluding steroid dienone is 4. The highest BCUT2D eigenvalue weighted by atomic mass is 14.8. The van der Waals surface area contributed by atoms with Crippen molar-refractivity contribution >= 4 is 0 Å². The average molecular weight is 163 g/mol. The van der Waals surface area contributed by atoms with Crippen molar-refractivity contribution in [2.24, 2.45) is 5.92 Å². The van der Waals surface area contributed by atoms with Gasteiger partial charge in [-0.1, -0.05) is 19.6 Å². The van der Waals surface area contributed by atoms with E-state index in [4.69, 9.17) is 0 Å². The second kappa shape index (κ2) is 4.15. The topological polar surface area (TPSA) is 12.0 Å². The zero-order valence-electron chi connectivity index (χ0n) is 7.93. The Morgan fingerprint density at radius 2 is 2.33 bits per heavy atom. The van der Waals surface area contributed by atoms with Crippen LogP contribution in [0, 0.1) is 5.92 Å². The van der Waals surface area contributed by atoms with Gasteiger partial charge in [0.25, 0.3) is 0 Å². The minimum atomic E-state index is 0.697. The Balaban J connectivity index is 2.80. The highest BCUT2D eigenvalue weighted by Gasteiger charge is 2.17. The molecule has 0 heterocycles. The summed E-state index contributed by atoms with van der Waals surface area (Å²) in [6.07, 6.45) is 8.59. The Hall–Kier alpha value is -0.980. The number of rotatable bonds is 3. The van der Waals surface area contributed by atoms with Crippen molar-refractivity contribution in [3.8, 4) is 0 Å². The highest BCUT2D eigenvalue weighted by molar-refractivity contribution is 5.37. The van der Waals surface area contributed by atoms with Gasteiger partial charge in [0.15, 0.2) is 0 Å². The van der Waals surface area contributed by atoms with Crippen molar-refractivity contribution in [3.05, 3.63) is 36.1 Å². The third-order valence-electron chi connectivity index (χ3n) is 2.42. The Morgan fingerprint density at radius 1 is 1.58 bits per heavy atom. The van der Waals surface area contributed by atoms with Gasteiger partial charge in [-0.3, -0.25) is 0 Å². The summed E-state index contributed by atoms with van der Waals surface area (Å²) >= 11 is 0. The molecule has 66 valence electrons. The van der Waals surface area contributed by atoms with E-state index in [2.05, 4.69) is 24.9 Å². The first-order valence-corrected chi connectivity index (χ1v) is 4.49. The standard InChI is InChI=1S/C11H17N/c1-4-10-6-5-9(2)11(10)7-8-12-3/h4,7-9,12H,1,5-6H2,2-3H3/b8-7-. The molecule has 0 spiro atoms. The Labute approximate surface area is 74.9 Å². The van der Waals surface area contributed by atoms with E-state index in [9.17, 15) is 0 Å². The summed E-state index contributed by atoms with van der Waals surface area (Å²) < 4.78 is 0. The first-order valence-electron chi connectivity index (χ1n) is 4.49. The smallest absolute Gasteiger partial charge is 0.00277 e. The van der Waals surface area contributed by atoms with Crippen LogP contribution in [0.3, 0.4) is 0 Å². The van der Waals surface area contributed by atoms with Crippen molar-refractivity contribution in [1.82, 2.24) is 5.32 Å². The minimum Gasteiger partial charge on any atom is -0.394 e. The van der Waals surface area contributed by atoms with Crippen LogP contribution in [0.25, 0.3) is 0 Å². The minimum absolute atomic E-state index is 0.697. The predicted octanol–water partition coefficient (Wildman–Crippen LogP) is 2.63. The summed E-state index contributed by atoms with van der Waals surface area (Å²) in [5.74, 6) is 0.697. The van der Waals surface area contributed by atoms with Crippen LogP contribution in [0.15, 0.2) is 36.1 Å². The predicted molar refractivity (Wildman–Crippen MR) is 53.8 cm³/mol. The molecule has 0 aliphatic heterocycles. The van der Waals surface area contributed by atoms with E-state index in [1.54, 1.807) is 0 Å². The molecule has 0 aromatic carbocycles. The summed E-state index contributed by atoms with van der Waals surface area (Å²) in [5, 5.41) is 3.01. The van der Waals surface area contributed by atoms with Crippen LogP contribution in [-0.2, 0) is 0 Å². The molecule has 0 amide bonds. The van der Waals surface area contributed by atoms with Crippen LogP contribution >= 0.6 is 0 Å². The third kappa shape index (κ3) is 1.79. The van der Waals surface area contributed by atoms with E-state index in [-0.39, 0.29) is 0 Å². The van der Waals surface area contributed by atoms with Crippen molar-refractivity contribution < 1.29 is 0 Å². The van der Waals surface area contributed by atoms with Gasteiger partial charge in [-0.25, -0.2) is 0 Å². The third-order valence-corrected chi connectivity index (χ3v) is 2.42. The molecule has 1 aliphatic carbocycles. The van der Waals surface area contributed by atoms with E-state index in [1.165, 1.54) is 24.0 Å². The molecule has 1 atom stereocenters. The van der Waals surface area contributed by atoms with Crippen LogP contribution in [0.1, 0.15) is 19.8 Å². The van der Waals surface area contributed by atoms with Gasteiger partial charge < -0.3 is 5.32 Å². The first-order chi connectivity index (χ1) is 5.79. The normalized spacial score (nSPS) is 23.7. The Morgan fingerprint density at radius 3 is 2.92 bits per heavy atom. The number of hydrogen-bond acceptors (Lipinski definition) is 1. The van der Waals surface area contributed by atoms with Crippen LogP contribution in [0.2, 0.25) is 0 Å². The molecule has 0 bridgehead atoms. The maximum Gasteiger partial charge on any atom is 0.00277 e. The molecule has 1 unspecified atom stereocenters. The molecule has 0 fully saturated rings. The van der Waals surface area contributed by atoms with Crippen LogP contribution in [0.5, 0.6) is 0 Å². The zero-order valence-corrected chi connectivity index (χ0v) is 7.93. The van der Waals surface area contributed by atoms with Crippen molar-refractivity contribution in [2.75, 3.05) is 7.05 Å². The molecule has 12 heavy (non-hydrogen) atoms. The maximum absolute atomic E-state index is 3.82. The SMILES string of the molecule is C=CC1=C(/C=C\NC)C(C)CC1. The first kappa shape index (κ1) is 9.11. The molecule has 1 heteroatoms. The van der Waals surface area contributed by atoms with E-state index < -0.39 is 0 Å². The second-order valence-corrected chi connectivity index (χ2v) is 3.25. The lowest BCUT2D eigenvalue weighted by atomic mass is 10.0. The van der Waals surface area contributed by atoms with Gasteiger partial charge >= 0.3 is 0 Å². The quantitative estimate of drug-likeness (QED) is 0.674. The zero-order chi connectivity index (χ0) is 8.97. The van der Waals surface area contributed by atoms with Gasteiger partial charge in [-0.05, 0) is 42.2 Å². The maximum atomic E-state index is 3.82. The summed E-state index contributed by atoms with van der Waals surface area (Å²) in [6.45, 7) is 6.09. The van der Waals surface area contributed by atoms with Gasteiger partial charge in [-0.15, -0.1) is 0 Å². The Kier molecular flexibility index (Phi) is 3.15. The van der Waals surface area contributed by atoms with E-state index in [0.717, 1.165) is 0 Å². The van der Waals surface area contributed by atoms with Crippen molar-refractivity contribution in [1.29, 1.82) is 0 Å². The van der Waals surface area contributed by atoms with Crippen LogP contribution < -0.4 is 5.32 Å². The summed E-state index contributed by atoms with van der Waals surface area (Å²) in [5.41, 5.74) is 2.85. The molecule has 1 rings (SSSR count). The second-order valence-electron chi connectivity index (χ2n) is 3.25. The number of hydrogen-bond donors (Lipinski definition) is 1. The van der Waals surface area contributed by atoms with Crippen LogP contribution in [-0.4, -0.2) is 7.05 Å². The van der Waals surface area contributed by atoms with E-state index in [1.807, 2.05) is 19.3 Å². The summed E-state index contributed by atoms with van der Waals surface area (Å²) in [4.78, 5) is 0. The van der Waals surface area contributed by atoms with Gasteiger partial charge in [0.05, 0.1) is 0 Å². The van der Waals surface area contributed by atoms with Gasteiger partial charge in [-0.2, -0.15) is 0 Å². The lowest BCUT2D eigenvalue weighted by Gasteiger charge is -2.03. The molecular formula is C11H17N. The largest absolute Gasteiger partial charge is 0.394 e. The lowest BCUT2D eigenvalue weighted by Crippen LogP contribution is -1.95. The monoisotopic (exact) mass is 163 g/mol. The molecule has 0 saturated heterocycles. The summed E-state index contributed by atoms with van der Waals surface area (Å²) in [7, 11) is 1.92. The van der Waals surface area contributed by atoms with Crippen LogP contribution in [0.4, 0.5) is 0 Å². The highest BCUT2D eigenvalue weighted by Crippen LogP contribution is 2.32. The fourth-order valence-electron chi connectivity index (χ4n) is 1.65. The lowest BCUT2D eigenvalue weighted by molar-refractivity contribution is 0.680. The van der Waals surface area contributed by atoms with E-state index in [0.29, 0.717) is 5.92 Å². The van der Waals surface area contributed by atoms with Crippen molar-refractivity contribution in [2.45, 2.75) is 19.8 Å². The Bertz CT molecular complexity index is 223. The van der Waals surface area contributed by atoms with Crippen molar-refractivity contribution in [3.63, 3.8) is 0 Å². The van der Waals surface area contributed by atoms with Gasteiger partial charge in [0.2, 0.25) is 0 Å². The van der Waals surface area contributed by atoms with Gasteiger partial charge in [0.1, 0.15) is 0 Å². The molecule has 0 aromatic heterocycles. The molecule has 0 aromatic rings. The van der Waals surface area contributed by atoms with E-state index >= 15 is 0 Å². The van der Waals surface area contributed by atoms with Gasteiger partial charge in [0, 0.05) is 7.05 Å². The molecule has 1 aliphatic rings. The fraction of sp³-hybridized carbons (Fsp3) is 0.455. The molecule has 1 N–H and O–H groups in total. The molecular weight excluding hydrogens is 146 g/mol. The number of nitrogens with one attached hydrogen (secondary N) is 1. The fourth-order valence-corrected chi connectivity index (χ4v) is 1.65. The summed E-state index contributed by atoms with van der Waals surface area (Å²) in [6, 6.07) is 0. The average Bonchev–Trinajstić information content (AvgIpc) is 2.43. The molecule has 0 saturated carbocycles.